The minimum absolute atomic E-state index is 0.865. The highest BCUT2D eigenvalue weighted by molar-refractivity contribution is 4.96. The van der Waals surface area contributed by atoms with E-state index in [4.69, 9.17) is 0 Å². The maximum atomic E-state index is 4.27. The third-order valence-corrected chi connectivity index (χ3v) is 3.76. The summed E-state index contributed by atoms with van der Waals surface area (Å²) in [6.45, 7) is 2.04. The molecule has 2 saturated carbocycles. The number of aromatic nitrogens is 2. The van der Waals surface area contributed by atoms with Gasteiger partial charge in [-0.3, -0.25) is 9.97 Å². The Labute approximate surface area is 96.7 Å². The van der Waals surface area contributed by atoms with E-state index in [2.05, 4.69) is 15.3 Å². The Morgan fingerprint density at radius 1 is 1.19 bits per heavy atom. The molecule has 86 valence electrons. The van der Waals surface area contributed by atoms with Crippen LogP contribution in [-0.4, -0.2) is 16.5 Å². The third-order valence-electron chi connectivity index (χ3n) is 3.76. The third kappa shape index (κ3) is 2.59. The van der Waals surface area contributed by atoms with Crippen LogP contribution in [0, 0.1) is 17.8 Å². The molecule has 16 heavy (non-hydrogen) atoms. The lowest BCUT2D eigenvalue weighted by Gasteiger charge is -2.15. The smallest absolute Gasteiger partial charge is 0.0724 e. The molecule has 2 aliphatic rings. The lowest BCUT2D eigenvalue weighted by molar-refractivity contribution is 0.377. The van der Waals surface area contributed by atoms with Gasteiger partial charge in [0.2, 0.25) is 0 Å². The van der Waals surface area contributed by atoms with E-state index >= 15 is 0 Å². The van der Waals surface area contributed by atoms with Gasteiger partial charge >= 0.3 is 0 Å². The van der Waals surface area contributed by atoms with Crippen molar-refractivity contribution in [2.45, 2.75) is 32.2 Å². The Morgan fingerprint density at radius 3 is 2.50 bits per heavy atom. The summed E-state index contributed by atoms with van der Waals surface area (Å²) in [7, 11) is 0. The minimum Gasteiger partial charge on any atom is -0.311 e. The van der Waals surface area contributed by atoms with Crippen molar-refractivity contribution in [3.8, 4) is 0 Å². The first kappa shape index (κ1) is 10.2. The number of nitrogens with zero attached hydrogens (tertiary/aromatic N) is 2. The standard InChI is InChI=1S/C13H19N3/c1-2-10(1)13(11-3-4-11)9-15-8-12-7-14-5-6-16-12/h5-7,10-11,13,15H,1-4,8-9H2. The molecule has 1 aromatic rings. The lowest BCUT2D eigenvalue weighted by atomic mass is 9.98. The molecule has 0 saturated heterocycles. The SMILES string of the molecule is c1cnc(CNCC(C2CC2)C2CC2)cn1. The molecule has 0 bridgehead atoms. The van der Waals surface area contributed by atoms with E-state index in [9.17, 15) is 0 Å². The van der Waals surface area contributed by atoms with E-state index in [1.807, 2.05) is 6.20 Å². The fraction of sp³-hybridized carbons (Fsp3) is 0.692. The molecule has 2 aliphatic carbocycles. The zero-order valence-corrected chi connectivity index (χ0v) is 9.60. The summed E-state index contributed by atoms with van der Waals surface area (Å²) in [6, 6.07) is 0. The van der Waals surface area contributed by atoms with Gasteiger partial charge in [0.05, 0.1) is 5.69 Å². The number of rotatable bonds is 6. The molecule has 0 radical (unpaired) electrons. The van der Waals surface area contributed by atoms with Crippen molar-refractivity contribution in [2.24, 2.45) is 17.8 Å². The van der Waals surface area contributed by atoms with Crippen LogP contribution in [0.3, 0.4) is 0 Å². The fourth-order valence-corrected chi connectivity index (χ4v) is 2.56. The van der Waals surface area contributed by atoms with Crippen LogP contribution in [0.15, 0.2) is 18.6 Å². The van der Waals surface area contributed by atoms with E-state index in [1.165, 1.54) is 32.2 Å². The van der Waals surface area contributed by atoms with Gasteiger partial charge in [-0.15, -0.1) is 0 Å². The summed E-state index contributed by atoms with van der Waals surface area (Å²) in [5.74, 6) is 3.00. The molecule has 0 spiro atoms. The Balaban J connectivity index is 1.45. The molecule has 0 atom stereocenters. The molecule has 0 amide bonds. The average Bonchev–Trinajstić information content (AvgIpc) is 3.17. The molecule has 3 heteroatoms. The zero-order chi connectivity index (χ0) is 10.8. The molecule has 0 aromatic carbocycles. The van der Waals surface area contributed by atoms with E-state index < -0.39 is 0 Å². The van der Waals surface area contributed by atoms with Crippen LogP contribution in [0.4, 0.5) is 0 Å². The topological polar surface area (TPSA) is 37.8 Å². The Hall–Kier alpha value is -0.960. The summed E-state index contributed by atoms with van der Waals surface area (Å²) in [4.78, 5) is 8.35. The Bertz CT molecular complexity index is 318. The molecule has 3 rings (SSSR count). The predicted octanol–water partition coefficient (Wildman–Crippen LogP) is 2.00. The second-order valence-electron chi connectivity index (χ2n) is 5.17. The van der Waals surface area contributed by atoms with Crippen LogP contribution in [0.1, 0.15) is 31.4 Å². The molecule has 1 aromatic heterocycles. The number of hydrogen-bond donors (Lipinski definition) is 1. The van der Waals surface area contributed by atoms with Crippen molar-refractivity contribution in [1.29, 1.82) is 0 Å². The first-order valence-electron chi connectivity index (χ1n) is 6.39. The van der Waals surface area contributed by atoms with Gasteiger partial charge in [-0.25, -0.2) is 0 Å². The maximum Gasteiger partial charge on any atom is 0.0724 e. The summed E-state index contributed by atoms with van der Waals surface area (Å²) in [5, 5.41) is 3.54. The summed E-state index contributed by atoms with van der Waals surface area (Å²) < 4.78 is 0. The van der Waals surface area contributed by atoms with Crippen molar-refractivity contribution < 1.29 is 0 Å². The summed E-state index contributed by atoms with van der Waals surface area (Å²) >= 11 is 0. The van der Waals surface area contributed by atoms with Crippen LogP contribution < -0.4 is 5.32 Å². The van der Waals surface area contributed by atoms with E-state index in [-0.39, 0.29) is 0 Å². The van der Waals surface area contributed by atoms with Gasteiger partial charge in [-0.2, -0.15) is 0 Å². The molecular weight excluding hydrogens is 198 g/mol. The molecule has 1 heterocycles. The second kappa shape index (κ2) is 4.50. The maximum absolute atomic E-state index is 4.27. The van der Waals surface area contributed by atoms with Crippen LogP contribution in [0.25, 0.3) is 0 Å². The molecule has 3 nitrogen and oxygen atoms in total. The summed E-state index contributed by atoms with van der Waals surface area (Å²) in [6.07, 6.45) is 11.2. The zero-order valence-electron chi connectivity index (χ0n) is 9.60. The second-order valence-corrected chi connectivity index (χ2v) is 5.17. The first-order valence-corrected chi connectivity index (χ1v) is 6.39. The largest absolute Gasteiger partial charge is 0.311 e. The van der Waals surface area contributed by atoms with Crippen LogP contribution >= 0.6 is 0 Å². The van der Waals surface area contributed by atoms with Gasteiger partial charge < -0.3 is 5.32 Å². The molecular formula is C13H19N3. The Kier molecular flexibility index (Phi) is 2.87. The average molecular weight is 217 g/mol. The first-order chi connectivity index (χ1) is 7.93. The highest BCUT2D eigenvalue weighted by Gasteiger charge is 2.40. The van der Waals surface area contributed by atoms with Gasteiger partial charge in [-0.1, -0.05) is 0 Å². The van der Waals surface area contributed by atoms with Gasteiger partial charge in [0.1, 0.15) is 0 Å². The van der Waals surface area contributed by atoms with Crippen LogP contribution in [0.5, 0.6) is 0 Å². The normalized spacial score (nSPS) is 20.3. The number of hydrogen-bond acceptors (Lipinski definition) is 3. The van der Waals surface area contributed by atoms with Crippen molar-refractivity contribution >= 4 is 0 Å². The van der Waals surface area contributed by atoms with Gasteiger partial charge in [0.25, 0.3) is 0 Å². The van der Waals surface area contributed by atoms with Crippen LogP contribution in [0.2, 0.25) is 0 Å². The quantitative estimate of drug-likeness (QED) is 0.792. The molecule has 2 fully saturated rings. The van der Waals surface area contributed by atoms with Crippen molar-refractivity contribution in [2.75, 3.05) is 6.54 Å². The molecule has 0 unspecified atom stereocenters. The minimum atomic E-state index is 0.865. The van der Waals surface area contributed by atoms with Crippen molar-refractivity contribution in [3.63, 3.8) is 0 Å². The Morgan fingerprint density at radius 2 is 1.94 bits per heavy atom. The summed E-state index contributed by atoms with van der Waals surface area (Å²) in [5.41, 5.74) is 1.05. The molecule has 1 N–H and O–H groups in total. The van der Waals surface area contributed by atoms with Gasteiger partial charge in [0.15, 0.2) is 0 Å². The van der Waals surface area contributed by atoms with Gasteiger partial charge in [-0.05, 0) is 50.0 Å². The molecule has 0 aliphatic heterocycles. The van der Waals surface area contributed by atoms with E-state index in [0.29, 0.717) is 0 Å². The predicted molar refractivity (Wildman–Crippen MR) is 62.7 cm³/mol. The lowest BCUT2D eigenvalue weighted by Crippen LogP contribution is -2.25. The van der Waals surface area contributed by atoms with Crippen LogP contribution in [-0.2, 0) is 6.54 Å². The van der Waals surface area contributed by atoms with Gasteiger partial charge in [0, 0.05) is 25.1 Å². The van der Waals surface area contributed by atoms with Crippen molar-refractivity contribution in [3.05, 3.63) is 24.3 Å². The van der Waals surface area contributed by atoms with E-state index in [0.717, 1.165) is 30.0 Å². The fourth-order valence-electron chi connectivity index (χ4n) is 2.56. The number of nitrogens with one attached hydrogen (secondary N) is 1. The van der Waals surface area contributed by atoms with Crippen molar-refractivity contribution in [1.82, 2.24) is 15.3 Å². The highest BCUT2D eigenvalue weighted by atomic mass is 14.9. The monoisotopic (exact) mass is 217 g/mol. The van der Waals surface area contributed by atoms with E-state index in [1.54, 1.807) is 12.4 Å². The highest BCUT2D eigenvalue weighted by Crippen LogP contribution is 2.48.